The molecule has 1 aromatic carbocycles. The summed E-state index contributed by atoms with van der Waals surface area (Å²) in [7, 11) is 1.58. The van der Waals surface area contributed by atoms with Gasteiger partial charge in [-0.1, -0.05) is 6.07 Å². The Morgan fingerprint density at radius 2 is 2.07 bits per heavy atom. The Morgan fingerprint density at radius 1 is 1.24 bits per heavy atom. The number of pyridine rings is 1. The summed E-state index contributed by atoms with van der Waals surface area (Å²) in [6, 6.07) is 10.7. The Labute approximate surface area is 169 Å². The van der Waals surface area contributed by atoms with Crippen LogP contribution < -0.4 is 10.3 Å². The average Bonchev–Trinajstić information content (AvgIpc) is 2.75. The lowest BCUT2D eigenvalue weighted by Gasteiger charge is -2.32. The monoisotopic (exact) mass is 392 g/mol. The van der Waals surface area contributed by atoms with Gasteiger partial charge in [-0.15, -0.1) is 0 Å². The van der Waals surface area contributed by atoms with E-state index >= 15 is 0 Å². The van der Waals surface area contributed by atoms with Crippen molar-refractivity contribution >= 4 is 0 Å². The van der Waals surface area contributed by atoms with Gasteiger partial charge in [-0.05, 0) is 37.6 Å². The second-order valence-electron chi connectivity index (χ2n) is 7.32. The molecule has 7 nitrogen and oxygen atoms in total. The SMILES string of the molecule is COc1ccc(CN2CCCC(c3cc(=O)[nH]c(-c4ccncc4)n3)C2)c(O)c1. The predicted octanol–water partition coefficient (Wildman–Crippen LogP) is 2.93. The minimum absolute atomic E-state index is 0.147. The molecule has 0 spiro atoms. The van der Waals surface area contributed by atoms with Crippen molar-refractivity contribution in [1.82, 2.24) is 19.9 Å². The number of aromatic nitrogens is 3. The molecular weight excluding hydrogens is 368 g/mol. The Kier molecular flexibility index (Phi) is 5.57. The Bertz CT molecular complexity index is 1040. The van der Waals surface area contributed by atoms with Crippen LogP contribution >= 0.6 is 0 Å². The molecule has 1 unspecified atom stereocenters. The zero-order valence-corrected chi connectivity index (χ0v) is 16.3. The van der Waals surface area contributed by atoms with Crippen molar-refractivity contribution in [3.63, 3.8) is 0 Å². The van der Waals surface area contributed by atoms with Crippen molar-refractivity contribution in [2.45, 2.75) is 25.3 Å². The summed E-state index contributed by atoms with van der Waals surface area (Å²) in [6.45, 7) is 2.38. The summed E-state index contributed by atoms with van der Waals surface area (Å²) in [5, 5.41) is 10.3. The number of aromatic amines is 1. The highest BCUT2D eigenvalue weighted by Crippen LogP contribution is 2.29. The second-order valence-corrected chi connectivity index (χ2v) is 7.32. The van der Waals surface area contributed by atoms with Crippen molar-refractivity contribution in [3.05, 3.63) is 70.4 Å². The van der Waals surface area contributed by atoms with Gasteiger partial charge in [-0.2, -0.15) is 0 Å². The second kappa shape index (κ2) is 8.45. The number of benzene rings is 1. The molecule has 0 amide bonds. The fourth-order valence-corrected chi connectivity index (χ4v) is 3.82. The number of phenols is 1. The molecule has 3 heterocycles. The number of piperidine rings is 1. The van der Waals surface area contributed by atoms with Crippen LogP contribution in [-0.4, -0.2) is 45.2 Å². The van der Waals surface area contributed by atoms with Crippen LogP contribution in [0.3, 0.4) is 0 Å². The molecule has 150 valence electrons. The number of hydrogen-bond acceptors (Lipinski definition) is 6. The standard InChI is InChI=1S/C22H24N4O3/c1-29-18-5-4-17(20(27)11-18)14-26-10-2-3-16(13-26)19-12-21(28)25-22(24-19)15-6-8-23-9-7-15/h4-9,11-12,16,27H,2-3,10,13-14H2,1H3,(H,24,25,28). The number of likely N-dealkylation sites (tertiary alicyclic amines) is 1. The lowest BCUT2D eigenvalue weighted by atomic mass is 9.94. The zero-order chi connectivity index (χ0) is 20.2. The highest BCUT2D eigenvalue weighted by Gasteiger charge is 2.24. The number of nitrogens with one attached hydrogen (secondary N) is 1. The van der Waals surface area contributed by atoms with Gasteiger partial charge in [-0.25, -0.2) is 4.98 Å². The molecule has 4 rings (SSSR count). The molecule has 0 bridgehead atoms. The third kappa shape index (κ3) is 4.46. The molecule has 29 heavy (non-hydrogen) atoms. The van der Waals surface area contributed by atoms with Crippen LogP contribution in [0.2, 0.25) is 0 Å². The van der Waals surface area contributed by atoms with Crippen molar-refractivity contribution in [2.24, 2.45) is 0 Å². The van der Waals surface area contributed by atoms with Crippen molar-refractivity contribution in [2.75, 3.05) is 20.2 Å². The fourth-order valence-electron chi connectivity index (χ4n) is 3.82. The summed E-state index contributed by atoms with van der Waals surface area (Å²) >= 11 is 0. The molecule has 2 N–H and O–H groups in total. The Hall–Kier alpha value is -3.19. The van der Waals surface area contributed by atoms with E-state index in [9.17, 15) is 9.90 Å². The quantitative estimate of drug-likeness (QED) is 0.694. The van der Waals surface area contributed by atoms with Gasteiger partial charge < -0.3 is 14.8 Å². The maximum atomic E-state index is 12.2. The summed E-state index contributed by atoms with van der Waals surface area (Å²) in [4.78, 5) is 26.1. The fraction of sp³-hybridized carbons (Fsp3) is 0.318. The molecule has 0 saturated carbocycles. The maximum Gasteiger partial charge on any atom is 0.251 e. The van der Waals surface area contributed by atoms with E-state index in [0.29, 0.717) is 18.1 Å². The summed E-state index contributed by atoms with van der Waals surface area (Å²) in [5.41, 5.74) is 2.37. The molecule has 3 aromatic rings. The number of aromatic hydroxyl groups is 1. The Balaban J connectivity index is 1.53. The number of methoxy groups -OCH3 is 1. The topological polar surface area (TPSA) is 91.3 Å². The average molecular weight is 392 g/mol. The van der Waals surface area contributed by atoms with Crippen LogP contribution in [0.15, 0.2) is 53.6 Å². The highest BCUT2D eigenvalue weighted by atomic mass is 16.5. The van der Waals surface area contributed by atoms with Gasteiger partial charge in [0, 0.05) is 54.7 Å². The third-order valence-electron chi connectivity index (χ3n) is 5.33. The molecule has 1 aliphatic heterocycles. The molecule has 0 radical (unpaired) electrons. The first-order valence-corrected chi connectivity index (χ1v) is 9.72. The van der Waals surface area contributed by atoms with E-state index in [2.05, 4.69) is 14.9 Å². The van der Waals surface area contributed by atoms with Gasteiger partial charge in [-0.3, -0.25) is 14.7 Å². The minimum Gasteiger partial charge on any atom is -0.507 e. The van der Waals surface area contributed by atoms with Crippen LogP contribution in [0.25, 0.3) is 11.4 Å². The van der Waals surface area contributed by atoms with Gasteiger partial charge in [0.1, 0.15) is 17.3 Å². The van der Waals surface area contributed by atoms with Gasteiger partial charge >= 0.3 is 0 Å². The number of hydrogen-bond donors (Lipinski definition) is 2. The largest absolute Gasteiger partial charge is 0.507 e. The smallest absolute Gasteiger partial charge is 0.251 e. The Morgan fingerprint density at radius 3 is 2.83 bits per heavy atom. The molecule has 1 aliphatic rings. The summed E-state index contributed by atoms with van der Waals surface area (Å²) < 4.78 is 5.16. The van der Waals surface area contributed by atoms with Crippen LogP contribution in [0, 0.1) is 0 Å². The molecule has 1 saturated heterocycles. The first-order chi connectivity index (χ1) is 14.1. The van der Waals surface area contributed by atoms with Crippen LogP contribution in [0.5, 0.6) is 11.5 Å². The lowest BCUT2D eigenvalue weighted by molar-refractivity contribution is 0.196. The van der Waals surface area contributed by atoms with Gasteiger partial charge in [0.2, 0.25) is 0 Å². The molecular formula is C22H24N4O3. The van der Waals surface area contributed by atoms with E-state index in [0.717, 1.165) is 42.8 Å². The first-order valence-electron chi connectivity index (χ1n) is 9.72. The van der Waals surface area contributed by atoms with Gasteiger partial charge in [0.05, 0.1) is 12.8 Å². The minimum atomic E-state index is -0.147. The molecule has 1 atom stereocenters. The van der Waals surface area contributed by atoms with Gasteiger partial charge in [0.25, 0.3) is 5.56 Å². The number of rotatable bonds is 5. The van der Waals surface area contributed by atoms with Crippen molar-refractivity contribution in [1.29, 1.82) is 0 Å². The van der Waals surface area contributed by atoms with Crippen LogP contribution in [0.4, 0.5) is 0 Å². The van der Waals surface area contributed by atoms with E-state index in [-0.39, 0.29) is 17.2 Å². The first kappa shape index (κ1) is 19.1. The molecule has 0 aliphatic carbocycles. The number of ether oxygens (including phenoxy) is 1. The van der Waals surface area contributed by atoms with E-state index < -0.39 is 0 Å². The molecule has 1 fully saturated rings. The number of nitrogens with zero attached hydrogens (tertiary/aromatic N) is 3. The van der Waals surface area contributed by atoms with E-state index in [4.69, 9.17) is 9.72 Å². The maximum absolute atomic E-state index is 12.2. The number of phenolic OH excluding ortho intramolecular Hbond substituents is 1. The molecule has 2 aromatic heterocycles. The van der Waals surface area contributed by atoms with Gasteiger partial charge in [0.15, 0.2) is 0 Å². The van der Waals surface area contributed by atoms with E-state index in [1.54, 1.807) is 31.6 Å². The molecule has 7 heteroatoms. The third-order valence-corrected chi connectivity index (χ3v) is 5.33. The van der Waals surface area contributed by atoms with Crippen molar-refractivity contribution in [3.8, 4) is 22.9 Å². The highest BCUT2D eigenvalue weighted by molar-refractivity contribution is 5.53. The van der Waals surface area contributed by atoms with Crippen LogP contribution in [0.1, 0.15) is 30.0 Å². The number of H-pyrrole nitrogens is 1. The summed E-state index contributed by atoms with van der Waals surface area (Å²) in [5.74, 6) is 1.62. The van der Waals surface area contributed by atoms with E-state index in [1.165, 1.54) is 0 Å². The predicted molar refractivity (Wildman–Crippen MR) is 110 cm³/mol. The van der Waals surface area contributed by atoms with E-state index in [1.807, 2.05) is 24.3 Å². The van der Waals surface area contributed by atoms with Crippen molar-refractivity contribution < 1.29 is 9.84 Å². The summed E-state index contributed by atoms with van der Waals surface area (Å²) in [6.07, 6.45) is 5.37. The lowest BCUT2D eigenvalue weighted by Crippen LogP contribution is -2.34. The van der Waals surface area contributed by atoms with Crippen LogP contribution in [-0.2, 0) is 6.54 Å². The normalized spacial score (nSPS) is 17.2. The zero-order valence-electron chi connectivity index (χ0n) is 16.3.